The van der Waals surface area contributed by atoms with Gasteiger partial charge in [0.2, 0.25) is 11.7 Å². The Labute approximate surface area is 272 Å². The molecule has 11 heteroatoms. The van der Waals surface area contributed by atoms with Gasteiger partial charge in [0.15, 0.2) is 12.4 Å². The third kappa shape index (κ3) is 5.62. The number of ether oxygens (including phenoxy) is 1. The minimum Gasteiger partial charge on any atom is -0.480 e. The number of amides is 1. The first-order valence-electron chi connectivity index (χ1n) is 16.5. The van der Waals surface area contributed by atoms with Crippen LogP contribution in [0.5, 0.6) is 0 Å². The molecule has 4 aliphatic carbocycles. The molecule has 3 fully saturated rings. The van der Waals surface area contributed by atoms with E-state index < -0.39 is 47.3 Å². The number of carbonyl (C=O) groups excluding carboxylic acids is 5. The summed E-state index contributed by atoms with van der Waals surface area (Å²) in [5, 5.41) is 24.8. The van der Waals surface area contributed by atoms with E-state index in [-0.39, 0.29) is 66.8 Å². The van der Waals surface area contributed by atoms with Gasteiger partial charge < -0.3 is 25.3 Å². The number of carboxylic acid groups (broad SMARTS) is 1. The van der Waals surface area contributed by atoms with Crippen LogP contribution in [0, 0.1) is 28.6 Å². The van der Waals surface area contributed by atoms with Crippen LogP contribution < -0.4 is 5.32 Å². The Kier molecular flexibility index (Phi) is 8.48. The summed E-state index contributed by atoms with van der Waals surface area (Å²) in [6.45, 7) is 3.20. The number of ketones is 3. The molecule has 0 spiro atoms. The first-order chi connectivity index (χ1) is 22.3. The fourth-order valence-electron chi connectivity index (χ4n) is 9.39. The molecule has 11 nitrogen and oxygen atoms in total. The predicted molar refractivity (Wildman–Crippen MR) is 169 cm³/mol. The van der Waals surface area contributed by atoms with Gasteiger partial charge in [-0.3, -0.25) is 24.0 Å². The van der Waals surface area contributed by atoms with Crippen LogP contribution in [-0.2, 0) is 39.9 Å². The van der Waals surface area contributed by atoms with Gasteiger partial charge in [0.1, 0.15) is 17.4 Å². The van der Waals surface area contributed by atoms with E-state index in [2.05, 4.69) is 17.2 Å². The van der Waals surface area contributed by atoms with E-state index in [0.29, 0.717) is 19.3 Å². The molecular weight excluding hydrogens is 604 g/mol. The molecule has 250 valence electrons. The summed E-state index contributed by atoms with van der Waals surface area (Å²) in [7, 11) is 0. The Morgan fingerprint density at radius 2 is 1.83 bits per heavy atom. The summed E-state index contributed by atoms with van der Waals surface area (Å²) >= 11 is 0. The fraction of sp³-hybridized carbons (Fsp3) is 0.556. The molecule has 1 amide bonds. The van der Waals surface area contributed by atoms with E-state index in [1.807, 2.05) is 24.3 Å². The molecule has 0 bridgehead atoms. The molecule has 0 saturated heterocycles. The lowest BCUT2D eigenvalue weighted by molar-refractivity contribution is -0.173. The SMILES string of the molecule is C[C@]12CCC(=O)C=C1CC[C@H]1[C@H]2C(=O)C[C@@]2(C)[C@@H]1CC[C@]2(O)C(=O)COC(=O)CCC(=O)N[C@H](Cc1c[nH]c2ccccc12)C(=O)O. The normalized spacial score (nSPS) is 32.1. The molecule has 1 heterocycles. The second-order valence-corrected chi connectivity index (χ2v) is 14.4. The number of aliphatic carboxylic acids is 1. The van der Waals surface area contributed by atoms with Crippen molar-refractivity contribution in [3.63, 3.8) is 0 Å². The Morgan fingerprint density at radius 3 is 2.60 bits per heavy atom. The van der Waals surface area contributed by atoms with Crippen molar-refractivity contribution in [3.8, 4) is 0 Å². The number of esters is 1. The Bertz CT molecular complexity index is 1690. The molecule has 6 rings (SSSR count). The van der Waals surface area contributed by atoms with Crippen molar-refractivity contribution in [1.29, 1.82) is 0 Å². The highest BCUT2D eigenvalue weighted by Crippen LogP contribution is 2.66. The summed E-state index contributed by atoms with van der Waals surface area (Å²) in [4.78, 5) is 79.5. The van der Waals surface area contributed by atoms with Gasteiger partial charge in [-0.2, -0.15) is 0 Å². The summed E-state index contributed by atoms with van der Waals surface area (Å²) < 4.78 is 5.20. The van der Waals surface area contributed by atoms with Gasteiger partial charge >= 0.3 is 11.9 Å². The highest BCUT2D eigenvalue weighted by Gasteiger charge is 2.68. The third-order valence-electron chi connectivity index (χ3n) is 11.9. The monoisotopic (exact) mass is 646 g/mol. The lowest BCUT2D eigenvalue weighted by atomic mass is 9.46. The largest absolute Gasteiger partial charge is 0.480 e. The van der Waals surface area contributed by atoms with Gasteiger partial charge in [-0.1, -0.05) is 37.6 Å². The Hall–Kier alpha value is -4.12. The lowest BCUT2D eigenvalue weighted by Gasteiger charge is -2.57. The molecule has 3 saturated carbocycles. The van der Waals surface area contributed by atoms with Crippen LogP contribution in [0.15, 0.2) is 42.1 Å². The highest BCUT2D eigenvalue weighted by atomic mass is 16.5. The van der Waals surface area contributed by atoms with Crippen molar-refractivity contribution >= 4 is 46.1 Å². The van der Waals surface area contributed by atoms with Gasteiger partial charge in [0.05, 0.1) is 6.42 Å². The molecule has 4 aliphatic rings. The fourth-order valence-corrected chi connectivity index (χ4v) is 9.39. The van der Waals surface area contributed by atoms with Crippen LogP contribution in [0.3, 0.4) is 0 Å². The number of aromatic nitrogens is 1. The van der Waals surface area contributed by atoms with Crippen molar-refractivity contribution in [1.82, 2.24) is 10.3 Å². The number of aromatic amines is 1. The highest BCUT2D eigenvalue weighted by molar-refractivity contribution is 5.95. The van der Waals surface area contributed by atoms with E-state index in [9.17, 15) is 39.0 Å². The van der Waals surface area contributed by atoms with E-state index >= 15 is 0 Å². The van der Waals surface area contributed by atoms with Gasteiger partial charge in [0.25, 0.3) is 0 Å². The number of H-pyrrole nitrogens is 1. The number of Topliss-reactive ketones (excluding diaryl/α,β-unsaturated/α-hetero) is 2. The smallest absolute Gasteiger partial charge is 0.326 e. The number of aliphatic hydroxyl groups is 1. The molecule has 0 unspecified atom stereocenters. The summed E-state index contributed by atoms with van der Waals surface area (Å²) in [6.07, 6.45) is 6.00. The van der Waals surface area contributed by atoms with Crippen LogP contribution in [0.25, 0.3) is 10.9 Å². The molecule has 47 heavy (non-hydrogen) atoms. The van der Waals surface area contributed by atoms with Crippen LogP contribution in [0.1, 0.15) is 77.2 Å². The van der Waals surface area contributed by atoms with Crippen molar-refractivity contribution in [2.45, 2.75) is 89.7 Å². The zero-order valence-electron chi connectivity index (χ0n) is 26.8. The average molecular weight is 647 g/mol. The molecule has 0 aliphatic heterocycles. The molecule has 7 atom stereocenters. The number of para-hydroxylation sites is 1. The number of benzene rings is 1. The van der Waals surface area contributed by atoms with Crippen LogP contribution in [0.4, 0.5) is 0 Å². The maximum absolute atomic E-state index is 13.8. The maximum atomic E-state index is 13.8. The van der Waals surface area contributed by atoms with E-state index in [4.69, 9.17) is 4.74 Å². The third-order valence-corrected chi connectivity index (χ3v) is 11.9. The Balaban J connectivity index is 1.03. The second-order valence-electron chi connectivity index (χ2n) is 14.4. The van der Waals surface area contributed by atoms with Crippen molar-refractivity contribution in [2.75, 3.05) is 6.61 Å². The van der Waals surface area contributed by atoms with Gasteiger partial charge in [-0.15, -0.1) is 0 Å². The van der Waals surface area contributed by atoms with Crippen LogP contribution in [-0.4, -0.2) is 68.6 Å². The lowest BCUT2D eigenvalue weighted by Crippen LogP contribution is -2.61. The van der Waals surface area contributed by atoms with E-state index in [0.717, 1.165) is 34.9 Å². The number of hydrogen-bond donors (Lipinski definition) is 4. The molecule has 4 N–H and O–H groups in total. The van der Waals surface area contributed by atoms with Crippen LogP contribution >= 0.6 is 0 Å². The van der Waals surface area contributed by atoms with Crippen molar-refractivity contribution < 1.29 is 43.7 Å². The topological polar surface area (TPSA) is 180 Å². The summed E-state index contributed by atoms with van der Waals surface area (Å²) in [6, 6.07) is 6.20. The van der Waals surface area contributed by atoms with Gasteiger partial charge in [0, 0.05) is 54.1 Å². The van der Waals surface area contributed by atoms with Crippen LogP contribution in [0.2, 0.25) is 0 Å². The zero-order chi connectivity index (χ0) is 33.7. The average Bonchev–Trinajstić information content (AvgIpc) is 3.56. The standard InChI is InChI=1S/C36H42N2O9/c1-34-13-11-22(39)16-21(34)7-8-24-25-12-14-36(46,35(25,2)17-28(40)32(24)34)29(41)19-47-31(43)10-9-30(42)38-27(33(44)45)15-20-18-37-26-6-4-3-5-23(20)26/h3-6,16,18,24-25,27,32,37,46H,7-15,17,19H2,1-2H3,(H,38,42)(H,44,45)/t24-,25-,27-,32+,34+,35+,36+/m1/s1. The minimum atomic E-state index is -1.84. The number of allylic oxidation sites excluding steroid dienone is 1. The van der Waals surface area contributed by atoms with Crippen molar-refractivity contribution in [2.24, 2.45) is 28.6 Å². The number of carbonyl (C=O) groups is 6. The second kappa shape index (κ2) is 12.2. The van der Waals surface area contributed by atoms with Gasteiger partial charge in [-0.05, 0) is 67.1 Å². The van der Waals surface area contributed by atoms with E-state index in [1.54, 1.807) is 19.2 Å². The quantitative estimate of drug-likeness (QED) is 0.281. The molecule has 0 radical (unpaired) electrons. The number of rotatable bonds is 10. The maximum Gasteiger partial charge on any atom is 0.326 e. The van der Waals surface area contributed by atoms with Crippen molar-refractivity contribution in [3.05, 3.63) is 47.7 Å². The summed E-state index contributed by atoms with van der Waals surface area (Å²) in [5.74, 6) is -3.57. The van der Waals surface area contributed by atoms with Gasteiger partial charge in [-0.25, -0.2) is 4.79 Å². The predicted octanol–water partition coefficient (Wildman–Crippen LogP) is 3.61. The molecule has 1 aromatic carbocycles. The number of nitrogens with one attached hydrogen (secondary N) is 2. The zero-order valence-corrected chi connectivity index (χ0v) is 26.8. The number of fused-ring (bicyclic) bond motifs is 6. The summed E-state index contributed by atoms with van der Waals surface area (Å²) in [5.41, 5.74) is -0.613. The first kappa shape index (κ1) is 32.8. The molecule has 1 aromatic heterocycles. The molecule has 2 aromatic rings. The first-order valence-corrected chi connectivity index (χ1v) is 16.5. The van der Waals surface area contributed by atoms with E-state index in [1.165, 1.54) is 0 Å². The number of carboxylic acids is 1. The number of hydrogen-bond acceptors (Lipinski definition) is 8. The minimum absolute atomic E-state index is 0.00918. The molecular formula is C36H42N2O9. The Morgan fingerprint density at radius 1 is 1.06 bits per heavy atom.